The van der Waals surface area contributed by atoms with E-state index in [-0.39, 0.29) is 11.7 Å². The second-order valence-electron chi connectivity index (χ2n) is 4.53. The summed E-state index contributed by atoms with van der Waals surface area (Å²) in [5.74, 6) is 0.00615. The van der Waals surface area contributed by atoms with Crippen molar-refractivity contribution in [1.82, 2.24) is 0 Å². The summed E-state index contributed by atoms with van der Waals surface area (Å²) in [5, 5.41) is 10.1. The van der Waals surface area contributed by atoms with Gasteiger partial charge in [-0.3, -0.25) is 4.79 Å². The lowest BCUT2D eigenvalue weighted by Gasteiger charge is -2.23. The van der Waals surface area contributed by atoms with Gasteiger partial charge in [-0.2, -0.15) is 0 Å². The van der Waals surface area contributed by atoms with Crippen molar-refractivity contribution in [2.45, 2.75) is 13.8 Å². The van der Waals surface area contributed by atoms with Gasteiger partial charge in [0.15, 0.2) is 0 Å². The van der Waals surface area contributed by atoms with Gasteiger partial charge >= 0.3 is 0 Å². The highest BCUT2D eigenvalue weighted by Crippen LogP contribution is 2.26. The van der Waals surface area contributed by atoms with Crippen molar-refractivity contribution in [3.8, 4) is 5.75 Å². The van der Waals surface area contributed by atoms with E-state index < -0.39 is 0 Å². The van der Waals surface area contributed by atoms with Crippen molar-refractivity contribution < 1.29 is 9.90 Å². The summed E-state index contributed by atoms with van der Waals surface area (Å²) in [6.07, 6.45) is 0. The fourth-order valence-corrected chi connectivity index (χ4v) is 2.28. The number of aromatic hydroxyl groups is 1. The maximum Gasteiger partial charge on any atom is 0.258 e. The molecule has 2 rings (SSSR count). The van der Waals surface area contributed by atoms with Gasteiger partial charge in [-0.1, -0.05) is 23.7 Å². The first-order chi connectivity index (χ1) is 9.52. The van der Waals surface area contributed by atoms with Crippen LogP contribution >= 0.6 is 11.6 Å². The van der Waals surface area contributed by atoms with Gasteiger partial charge < -0.3 is 10.0 Å². The maximum atomic E-state index is 12.6. The summed E-state index contributed by atoms with van der Waals surface area (Å²) in [7, 11) is 0. The summed E-state index contributed by atoms with van der Waals surface area (Å²) >= 11 is 5.93. The van der Waals surface area contributed by atoms with Crippen molar-refractivity contribution in [3.05, 3.63) is 58.6 Å². The summed E-state index contributed by atoms with van der Waals surface area (Å²) in [5.41, 5.74) is 2.17. The molecule has 20 heavy (non-hydrogen) atoms. The Morgan fingerprint density at radius 2 is 2.00 bits per heavy atom. The van der Waals surface area contributed by atoms with Crippen LogP contribution in [0.15, 0.2) is 42.5 Å². The second kappa shape index (κ2) is 5.97. The molecule has 0 unspecified atom stereocenters. The van der Waals surface area contributed by atoms with Crippen molar-refractivity contribution >= 4 is 23.2 Å². The van der Waals surface area contributed by atoms with E-state index in [0.29, 0.717) is 22.8 Å². The SMILES string of the molecule is CCN(C(=O)c1cccc(Cl)c1)c1cc(O)ccc1C. The average molecular weight is 290 g/mol. The predicted octanol–water partition coefficient (Wildman–Crippen LogP) is 4.02. The van der Waals surface area contributed by atoms with Gasteiger partial charge in [0.2, 0.25) is 0 Å². The maximum absolute atomic E-state index is 12.6. The highest BCUT2D eigenvalue weighted by molar-refractivity contribution is 6.31. The largest absolute Gasteiger partial charge is 0.508 e. The smallest absolute Gasteiger partial charge is 0.258 e. The predicted molar refractivity (Wildman–Crippen MR) is 81.6 cm³/mol. The zero-order chi connectivity index (χ0) is 14.7. The number of phenolic OH excluding ortho intramolecular Hbond substituents is 1. The summed E-state index contributed by atoms with van der Waals surface area (Å²) in [6.45, 7) is 4.31. The number of halogens is 1. The molecule has 0 fully saturated rings. The molecule has 2 aromatic rings. The molecule has 0 heterocycles. The van der Waals surface area contributed by atoms with Crippen molar-refractivity contribution in [3.63, 3.8) is 0 Å². The zero-order valence-corrected chi connectivity index (χ0v) is 12.2. The summed E-state index contributed by atoms with van der Waals surface area (Å²) in [6, 6.07) is 11.9. The van der Waals surface area contributed by atoms with Gasteiger partial charge in [0, 0.05) is 23.2 Å². The van der Waals surface area contributed by atoms with Gasteiger partial charge in [-0.05, 0) is 43.7 Å². The Hall–Kier alpha value is -2.00. The Morgan fingerprint density at radius 1 is 1.25 bits per heavy atom. The molecule has 0 radical (unpaired) electrons. The molecule has 0 saturated carbocycles. The molecule has 1 amide bonds. The third kappa shape index (κ3) is 2.94. The van der Waals surface area contributed by atoms with E-state index in [1.807, 2.05) is 13.8 Å². The van der Waals surface area contributed by atoms with Crippen LogP contribution in [0.4, 0.5) is 5.69 Å². The Labute approximate surface area is 123 Å². The van der Waals surface area contributed by atoms with Crippen molar-refractivity contribution in [2.24, 2.45) is 0 Å². The fraction of sp³-hybridized carbons (Fsp3) is 0.188. The molecule has 0 aliphatic rings. The molecule has 104 valence electrons. The number of anilines is 1. The molecule has 0 spiro atoms. The van der Waals surface area contributed by atoms with E-state index in [4.69, 9.17) is 11.6 Å². The van der Waals surface area contributed by atoms with Crippen LogP contribution in [-0.4, -0.2) is 17.6 Å². The third-order valence-electron chi connectivity index (χ3n) is 3.12. The number of hydrogen-bond donors (Lipinski definition) is 1. The minimum atomic E-state index is -0.135. The van der Waals surface area contributed by atoms with E-state index in [9.17, 15) is 9.90 Å². The minimum Gasteiger partial charge on any atom is -0.508 e. The molecule has 0 aliphatic heterocycles. The van der Waals surface area contributed by atoms with Crippen LogP contribution in [-0.2, 0) is 0 Å². The Bertz CT molecular complexity index is 640. The molecule has 0 aliphatic carbocycles. The molecule has 0 atom stereocenters. The first kappa shape index (κ1) is 14.4. The Kier molecular flexibility index (Phi) is 4.30. The number of nitrogens with zero attached hydrogens (tertiary/aromatic N) is 1. The zero-order valence-electron chi connectivity index (χ0n) is 11.4. The van der Waals surface area contributed by atoms with Crippen LogP contribution in [0.3, 0.4) is 0 Å². The standard InChI is InChI=1S/C16H16ClNO2/c1-3-18(15-10-14(19)8-7-11(15)2)16(20)12-5-4-6-13(17)9-12/h4-10,19H,3H2,1-2H3. The van der Waals surface area contributed by atoms with E-state index in [1.165, 1.54) is 0 Å². The number of carbonyl (C=O) groups is 1. The van der Waals surface area contributed by atoms with Gasteiger partial charge in [-0.25, -0.2) is 0 Å². The third-order valence-corrected chi connectivity index (χ3v) is 3.35. The number of amides is 1. The molecule has 2 aromatic carbocycles. The Balaban J connectivity index is 2.42. The lowest BCUT2D eigenvalue weighted by atomic mass is 10.1. The van der Waals surface area contributed by atoms with Gasteiger partial charge in [0.05, 0.1) is 5.69 Å². The number of hydrogen-bond acceptors (Lipinski definition) is 2. The number of aryl methyl sites for hydroxylation is 1. The highest BCUT2D eigenvalue weighted by atomic mass is 35.5. The van der Waals surface area contributed by atoms with Crippen LogP contribution in [0.2, 0.25) is 5.02 Å². The van der Waals surface area contributed by atoms with E-state index >= 15 is 0 Å². The summed E-state index contributed by atoms with van der Waals surface area (Å²) < 4.78 is 0. The molecule has 1 N–H and O–H groups in total. The summed E-state index contributed by atoms with van der Waals surface area (Å²) in [4.78, 5) is 14.2. The molecule has 3 nitrogen and oxygen atoms in total. The van der Waals surface area contributed by atoms with Gasteiger partial charge in [0.25, 0.3) is 5.91 Å². The van der Waals surface area contributed by atoms with Gasteiger partial charge in [0.1, 0.15) is 5.75 Å². The van der Waals surface area contributed by atoms with E-state index in [2.05, 4.69) is 0 Å². The van der Waals surface area contributed by atoms with Crippen LogP contribution in [0.25, 0.3) is 0 Å². The lowest BCUT2D eigenvalue weighted by molar-refractivity contribution is 0.0988. The van der Waals surface area contributed by atoms with Gasteiger partial charge in [-0.15, -0.1) is 0 Å². The molecule has 4 heteroatoms. The lowest BCUT2D eigenvalue weighted by Crippen LogP contribution is -2.31. The topological polar surface area (TPSA) is 40.5 Å². The van der Waals surface area contributed by atoms with Crippen molar-refractivity contribution in [2.75, 3.05) is 11.4 Å². The van der Waals surface area contributed by atoms with Crippen LogP contribution in [0, 0.1) is 6.92 Å². The normalized spacial score (nSPS) is 10.3. The van der Waals surface area contributed by atoms with Crippen LogP contribution in [0.5, 0.6) is 5.75 Å². The van der Waals surface area contributed by atoms with E-state index in [1.54, 1.807) is 47.4 Å². The number of benzene rings is 2. The van der Waals surface area contributed by atoms with E-state index in [0.717, 1.165) is 5.56 Å². The number of phenols is 1. The second-order valence-corrected chi connectivity index (χ2v) is 4.97. The average Bonchev–Trinajstić information content (AvgIpc) is 2.43. The first-order valence-electron chi connectivity index (χ1n) is 6.40. The first-order valence-corrected chi connectivity index (χ1v) is 6.77. The quantitative estimate of drug-likeness (QED) is 0.927. The van der Waals surface area contributed by atoms with Crippen molar-refractivity contribution in [1.29, 1.82) is 0 Å². The fourth-order valence-electron chi connectivity index (χ4n) is 2.09. The minimum absolute atomic E-state index is 0.135. The Morgan fingerprint density at radius 3 is 2.65 bits per heavy atom. The molecule has 0 bridgehead atoms. The van der Waals surface area contributed by atoms with Crippen LogP contribution < -0.4 is 4.90 Å². The van der Waals surface area contributed by atoms with Crippen LogP contribution in [0.1, 0.15) is 22.8 Å². The molecule has 0 aromatic heterocycles. The molecule has 0 saturated heterocycles. The number of carbonyl (C=O) groups excluding carboxylic acids is 1. The highest BCUT2D eigenvalue weighted by Gasteiger charge is 2.18. The molecular formula is C16H16ClNO2. The monoisotopic (exact) mass is 289 g/mol. The number of rotatable bonds is 3. The molecular weight excluding hydrogens is 274 g/mol.